The molecule has 1 N–H and O–H groups in total. The molecule has 5 nitrogen and oxygen atoms in total. The summed E-state index contributed by atoms with van der Waals surface area (Å²) >= 11 is 5.72. The average molecular weight is 225 g/mol. The zero-order valence-electron chi connectivity index (χ0n) is 8.07. The standard InChI is InChI=1S/C9H9ClN4O/c1-2-11-9(15)14-7-5-12-8(10)3-6(7)4-13-14/h3-5H,2H2,1H3,(H,11,15). The van der Waals surface area contributed by atoms with Gasteiger partial charge in [0.25, 0.3) is 0 Å². The van der Waals surface area contributed by atoms with Crippen LogP contribution in [0.2, 0.25) is 5.15 Å². The van der Waals surface area contributed by atoms with E-state index in [0.717, 1.165) is 5.39 Å². The van der Waals surface area contributed by atoms with Crippen molar-refractivity contribution in [2.24, 2.45) is 0 Å². The summed E-state index contributed by atoms with van der Waals surface area (Å²) in [7, 11) is 0. The molecule has 6 heteroatoms. The lowest BCUT2D eigenvalue weighted by Crippen LogP contribution is -2.28. The molecule has 0 radical (unpaired) electrons. The molecule has 0 spiro atoms. The van der Waals surface area contributed by atoms with Crippen molar-refractivity contribution in [3.05, 3.63) is 23.6 Å². The first-order chi connectivity index (χ1) is 7.22. The Hall–Kier alpha value is -1.62. The van der Waals surface area contributed by atoms with Gasteiger partial charge in [0, 0.05) is 11.9 Å². The van der Waals surface area contributed by atoms with E-state index in [-0.39, 0.29) is 6.03 Å². The maximum atomic E-state index is 11.5. The molecule has 0 bridgehead atoms. The van der Waals surface area contributed by atoms with Gasteiger partial charge in [-0.15, -0.1) is 0 Å². The monoisotopic (exact) mass is 224 g/mol. The topological polar surface area (TPSA) is 59.8 Å². The molecule has 2 rings (SSSR count). The lowest BCUT2D eigenvalue weighted by atomic mass is 10.3. The first kappa shape index (κ1) is 9.92. The van der Waals surface area contributed by atoms with Gasteiger partial charge in [0.1, 0.15) is 5.15 Å². The summed E-state index contributed by atoms with van der Waals surface area (Å²) in [5, 5.41) is 7.80. The molecule has 2 heterocycles. The van der Waals surface area contributed by atoms with E-state index < -0.39 is 0 Å². The number of carbonyl (C=O) groups is 1. The van der Waals surface area contributed by atoms with E-state index in [9.17, 15) is 4.79 Å². The van der Waals surface area contributed by atoms with Gasteiger partial charge < -0.3 is 5.32 Å². The molecule has 1 amide bonds. The average Bonchev–Trinajstić information content (AvgIpc) is 2.60. The molecule has 0 aliphatic rings. The van der Waals surface area contributed by atoms with Gasteiger partial charge in [0.2, 0.25) is 0 Å². The van der Waals surface area contributed by atoms with Gasteiger partial charge in [-0.2, -0.15) is 9.78 Å². The van der Waals surface area contributed by atoms with E-state index >= 15 is 0 Å². The third kappa shape index (κ3) is 1.78. The van der Waals surface area contributed by atoms with Crippen LogP contribution in [-0.4, -0.2) is 27.3 Å². The Kier molecular flexibility index (Phi) is 2.55. The van der Waals surface area contributed by atoms with E-state index in [2.05, 4.69) is 15.4 Å². The highest BCUT2D eigenvalue weighted by molar-refractivity contribution is 6.30. The van der Waals surface area contributed by atoms with Crippen molar-refractivity contribution in [1.29, 1.82) is 0 Å². The summed E-state index contributed by atoms with van der Waals surface area (Å²) in [6.07, 6.45) is 3.11. The Morgan fingerprint density at radius 1 is 1.60 bits per heavy atom. The van der Waals surface area contributed by atoms with Crippen molar-refractivity contribution in [3.63, 3.8) is 0 Å². The zero-order valence-corrected chi connectivity index (χ0v) is 8.82. The third-order valence-electron chi connectivity index (χ3n) is 1.94. The van der Waals surface area contributed by atoms with Gasteiger partial charge in [-0.05, 0) is 13.0 Å². The molecule has 78 valence electrons. The number of rotatable bonds is 1. The van der Waals surface area contributed by atoms with Crippen LogP contribution in [0.5, 0.6) is 0 Å². The molecule has 0 aliphatic carbocycles. The van der Waals surface area contributed by atoms with Gasteiger partial charge >= 0.3 is 6.03 Å². The van der Waals surface area contributed by atoms with Crippen LogP contribution in [0.4, 0.5) is 4.79 Å². The molecule has 0 fully saturated rings. The van der Waals surface area contributed by atoms with Crippen molar-refractivity contribution in [1.82, 2.24) is 20.1 Å². The molecule has 0 atom stereocenters. The summed E-state index contributed by atoms with van der Waals surface area (Å²) in [6.45, 7) is 2.40. The second kappa shape index (κ2) is 3.86. The van der Waals surface area contributed by atoms with Crippen molar-refractivity contribution in [2.75, 3.05) is 6.54 Å². The van der Waals surface area contributed by atoms with Crippen molar-refractivity contribution >= 4 is 28.5 Å². The van der Waals surface area contributed by atoms with Crippen LogP contribution in [0.25, 0.3) is 10.9 Å². The normalized spacial score (nSPS) is 10.5. The summed E-state index contributed by atoms with van der Waals surface area (Å²) in [5.41, 5.74) is 0.644. The van der Waals surface area contributed by atoms with Crippen LogP contribution in [-0.2, 0) is 0 Å². The third-order valence-corrected chi connectivity index (χ3v) is 2.15. The second-order valence-electron chi connectivity index (χ2n) is 2.96. The molecule has 0 aliphatic heterocycles. The van der Waals surface area contributed by atoms with E-state index in [4.69, 9.17) is 11.6 Å². The molecule has 2 aromatic heterocycles. The molecular weight excluding hydrogens is 216 g/mol. The van der Waals surface area contributed by atoms with Crippen LogP contribution in [0, 0.1) is 0 Å². The Bertz CT molecular complexity index is 508. The first-order valence-electron chi connectivity index (χ1n) is 4.50. The minimum atomic E-state index is -0.267. The van der Waals surface area contributed by atoms with Gasteiger partial charge in [-0.3, -0.25) is 0 Å². The van der Waals surface area contributed by atoms with Gasteiger partial charge in [-0.1, -0.05) is 11.6 Å². The highest BCUT2D eigenvalue weighted by Gasteiger charge is 2.09. The number of halogens is 1. The Morgan fingerprint density at radius 2 is 2.40 bits per heavy atom. The number of amides is 1. The van der Waals surface area contributed by atoms with E-state index in [0.29, 0.717) is 17.2 Å². The lowest BCUT2D eigenvalue weighted by Gasteiger charge is -2.02. The lowest BCUT2D eigenvalue weighted by molar-refractivity contribution is 0.241. The fourth-order valence-electron chi connectivity index (χ4n) is 1.29. The van der Waals surface area contributed by atoms with Gasteiger partial charge in [-0.25, -0.2) is 9.78 Å². The largest absolute Gasteiger partial charge is 0.342 e. The first-order valence-corrected chi connectivity index (χ1v) is 4.87. The summed E-state index contributed by atoms with van der Waals surface area (Å²) in [4.78, 5) is 15.4. The Balaban J connectivity index is 2.49. The highest BCUT2D eigenvalue weighted by atomic mass is 35.5. The second-order valence-corrected chi connectivity index (χ2v) is 3.34. The SMILES string of the molecule is CCNC(=O)n1ncc2cc(Cl)ncc21. The van der Waals surface area contributed by atoms with Crippen LogP contribution >= 0.6 is 11.6 Å². The van der Waals surface area contributed by atoms with Crippen molar-refractivity contribution in [3.8, 4) is 0 Å². The van der Waals surface area contributed by atoms with Crippen LogP contribution in [0.3, 0.4) is 0 Å². The van der Waals surface area contributed by atoms with E-state index in [1.165, 1.54) is 10.9 Å². The number of aromatic nitrogens is 3. The van der Waals surface area contributed by atoms with Crippen LogP contribution < -0.4 is 5.32 Å². The molecular formula is C9H9ClN4O. The van der Waals surface area contributed by atoms with Crippen LogP contribution in [0.15, 0.2) is 18.5 Å². The summed E-state index contributed by atoms with van der Waals surface area (Å²) in [5.74, 6) is 0. The van der Waals surface area contributed by atoms with E-state index in [1.807, 2.05) is 6.92 Å². The maximum Gasteiger partial charge on any atom is 0.342 e. The number of hydrogen-bond acceptors (Lipinski definition) is 3. The maximum absolute atomic E-state index is 11.5. The number of nitrogens with one attached hydrogen (secondary N) is 1. The molecule has 2 aromatic rings. The number of carbonyl (C=O) groups excluding carboxylic acids is 1. The predicted molar refractivity (Wildman–Crippen MR) is 57.0 cm³/mol. The molecule has 0 aromatic carbocycles. The quantitative estimate of drug-likeness (QED) is 0.750. The van der Waals surface area contributed by atoms with Crippen LogP contribution in [0.1, 0.15) is 6.92 Å². The summed E-state index contributed by atoms with van der Waals surface area (Å²) < 4.78 is 1.27. The molecule has 0 saturated carbocycles. The Morgan fingerprint density at radius 3 is 3.13 bits per heavy atom. The van der Waals surface area contributed by atoms with E-state index in [1.54, 1.807) is 12.3 Å². The predicted octanol–water partition coefficient (Wildman–Crippen LogP) is 1.66. The van der Waals surface area contributed by atoms with Gasteiger partial charge in [0.15, 0.2) is 0 Å². The Labute approximate surface area is 91.0 Å². The number of fused-ring (bicyclic) bond motifs is 1. The number of nitrogens with zero attached hydrogens (tertiary/aromatic N) is 3. The smallest absolute Gasteiger partial charge is 0.336 e. The number of hydrogen-bond donors (Lipinski definition) is 1. The molecule has 0 saturated heterocycles. The summed E-state index contributed by atoms with van der Waals surface area (Å²) in [6, 6.07) is 1.40. The highest BCUT2D eigenvalue weighted by Crippen LogP contribution is 2.15. The van der Waals surface area contributed by atoms with Gasteiger partial charge in [0.05, 0.1) is 17.9 Å². The molecule has 0 unspecified atom stereocenters. The minimum Gasteiger partial charge on any atom is -0.336 e. The molecule has 15 heavy (non-hydrogen) atoms. The number of pyridine rings is 1. The fraction of sp³-hybridized carbons (Fsp3) is 0.222. The minimum absolute atomic E-state index is 0.267. The van der Waals surface area contributed by atoms with Crippen molar-refractivity contribution in [2.45, 2.75) is 6.92 Å². The zero-order chi connectivity index (χ0) is 10.8. The fourth-order valence-corrected chi connectivity index (χ4v) is 1.45. The van der Waals surface area contributed by atoms with Crippen molar-refractivity contribution < 1.29 is 4.79 Å².